The van der Waals surface area contributed by atoms with E-state index in [4.69, 9.17) is 20.8 Å². The number of ether oxygens (including phenoxy) is 1. The Morgan fingerprint density at radius 2 is 1.96 bits per heavy atom. The van der Waals surface area contributed by atoms with Crippen LogP contribution in [0.5, 0.6) is 5.75 Å². The summed E-state index contributed by atoms with van der Waals surface area (Å²) in [6.07, 6.45) is 0. The standard InChI is InChI=1S/C21H17ClN2O4/c1-3-24-16(20(25)23-15-10-12(22)8-9-18(15)27-2)11-14-19(24)13-6-4-5-7-17(13)28-21(14)26/h4-11H,3H2,1-2H3,(H,23,25). The summed E-state index contributed by atoms with van der Waals surface area (Å²) < 4.78 is 12.5. The minimum absolute atomic E-state index is 0.350. The molecule has 0 spiro atoms. The quantitative estimate of drug-likeness (QED) is 0.508. The SMILES string of the molecule is CCn1c(C(=O)Nc2cc(Cl)ccc2OC)cc2c(=O)oc3ccccc3c21. The van der Waals surface area contributed by atoms with Crippen molar-refractivity contribution in [1.29, 1.82) is 0 Å². The lowest BCUT2D eigenvalue weighted by Gasteiger charge is -2.12. The number of nitrogens with zero attached hydrogens (tertiary/aromatic N) is 1. The van der Waals surface area contributed by atoms with Crippen LogP contribution in [-0.4, -0.2) is 17.6 Å². The Kier molecular flexibility index (Phi) is 4.57. The van der Waals surface area contributed by atoms with Gasteiger partial charge in [-0.25, -0.2) is 4.79 Å². The van der Waals surface area contributed by atoms with Crippen LogP contribution in [0.15, 0.2) is 57.7 Å². The maximum atomic E-state index is 13.0. The first-order valence-corrected chi connectivity index (χ1v) is 9.11. The lowest BCUT2D eigenvalue weighted by atomic mass is 10.2. The first-order valence-electron chi connectivity index (χ1n) is 8.73. The number of hydrogen-bond acceptors (Lipinski definition) is 4. The average Bonchev–Trinajstić information content (AvgIpc) is 3.09. The van der Waals surface area contributed by atoms with Gasteiger partial charge in [0.1, 0.15) is 17.0 Å². The van der Waals surface area contributed by atoms with Gasteiger partial charge in [-0.2, -0.15) is 0 Å². The summed E-state index contributed by atoms with van der Waals surface area (Å²) in [5.74, 6) is 0.115. The van der Waals surface area contributed by atoms with Gasteiger partial charge in [-0.1, -0.05) is 23.7 Å². The van der Waals surface area contributed by atoms with Crippen molar-refractivity contribution in [3.63, 3.8) is 0 Å². The molecule has 1 amide bonds. The zero-order valence-electron chi connectivity index (χ0n) is 15.3. The molecule has 2 aromatic heterocycles. The molecule has 142 valence electrons. The topological polar surface area (TPSA) is 73.5 Å². The fraction of sp³-hybridized carbons (Fsp3) is 0.143. The smallest absolute Gasteiger partial charge is 0.345 e. The summed E-state index contributed by atoms with van der Waals surface area (Å²) in [5, 5.41) is 4.43. The largest absolute Gasteiger partial charge is 0.495 e. The molecular weight excluding hydrogens is 380 g/mol. The highest BCUT2D eigenvalue weighted by molar-refractivity contribution is 6.31. The van der Waals surface area contributed by atoms with Crippen molar-refractivity contribution in [1.82, 2.24) is 4.57 Å². The number of benzene rings is 2. The van der Waals surface area contributed by atoms with E-state index in [-0.39, 0.29) is 5.91 Å². The number of rotatable bonds is 4. The number of amides is 1. The predicted molar refractivity (Wildman–Crippen MR) is 110 cm³/mol. The molecule has 0 fully saturated rings. The highest BCUT2D eigenvalue weighted by atomic mass is 35.5. The van der Waals surface area contributed by atoms with E-state index in [0.717, 1.165) is 5.39 Å². The van der Waals surface area contributed by atoms with Crippen LogP contribution >= 0.6 is 11.6 Å². The van der Waals surface area contributed by atoms with Gasteiger partial charge in [-0.15, -0.1) is 0 Å². The second kappa shape index (κ2) is 7.05. The Morgan fingerprint density at radius 3 is 2.71 bits per heavy atom. The van der Waals surface area contributed by atoms with Crippen LogP contribution in [0.3, 0.4) is 0 Å². The summed E-state index contributed by atoms with van der Waals surface area (Å²) in [6, 6.07) is 13.8. The van der Waals surface area contributed by atoms with Crippen LogP contribution in [0.2, 0.25) is 5.02 Å². The van der Waals surface area contributed by atoms with E-state index in [1.165, 1.54) is 7.11 Å². The Bertz CT molecular complexity index is 1270. The van der Waals surface area contributed by atoms with Crippen LogP contribution in [0.4, 0.5) is 5.69 Å². The summed E-state index contributed by atoms with van der Waals surface area (Å²) in [5.41, 5.74) is 1.48. The van der Waals surface area contributed by atoms with Gasteiger partial charge in [0, 0.05) is 17.0 Å². The zero-order chi connectivity index (χ0) is 19.8. The van der Waals surface area contributed by atoms with Crippen LogP contribution in [-0.2, 0) is 6.54 Å². The average molecular weight is 397 g/mol. The van der Waals surface area contributed by atoms with Crippen molar-refractivity contribution >= 4 is 45.1 Å². The Morgan fingerprint density at radius 1 is 1.18 bits per heavy atom. The van der Waals surface area contributed by atoms with Gasteiger partial charge in [0.15, 0.2) is 0 Å². The molecule has 0 bridgehead atoms. The Hall–Kier alpha value is -3.25. The highest BCUT2D eigenvalue weighted by Crippen LogP contribution is 2.30. The molecule has 0 aliphatic carbocycles. The first kappa shape index (κ1) is 18.1. The second-order valence-corrected chi connectivity index (χ2v) is 6.66. The fourth-order valence-corrected chi connectivity index (χ4v) is 3.55. The van der Waals surface area contributed by atoms with Crippen molar-refractivity contribution in [3.05, 3.63) is 69.7 Å². The van der Waals surface area contributed by atoms with Gasteiger partial charge in [0.2, 0.25) is 0 Å². The van der Waals surface area contributed by atoms with Crippen LogP contribution < -0.4 is 15.7 Å². The van der Waals surface area contributed by atoms with E-state index < -0.39 is 5.63 Å². The molecule has 28 heavy (non-hydrogen) atoms. The van der Waals surface area contributed by atoms with Gasteiger partial charge in [-0.3, -0.25) is 4.79 Å². The minimum Gasteiger partial charge on any atom is -0.495 e. The number of halogens is 1. The molecule has 0 saturated carbocycles. The van der Waals surface area contributed by atoms with E-state index in [2.05, 4.69) is 5.32 Å². The van der Waals surface area contributed by atoms with Crippen molar-refractivity contribution in [2.45, 2.75) is 13.5 Å². The molecule has 0 unspecified atom stereocenters. The van der Waals surface area contributed by atoms with Crippen LogP contribution in [0.25, 0.3) is 21.9 Å². The second-order valence-electron chi connectivity index (χ2n) is 6.22. The molecule has 7 heteroatoms. The maximum absolute atomic E-state index is 13.0. The van der Waals surface area contributed by atoms with Crippen LogP contribution in [0.1, 0.15) is 17.4 Å². The fourth-order valence-electron chi connectivity index (χ4n) is 3.38. The Balaban J connectivity index is 1.88. The van der Waals surface area contributed by atoms with E-state index >= 15 is 0 Å². The van der Waals surface area contributed by atoms with Crippen molar-refractivity contribution in [2.24, 2.45) is 0 Å². The van der Waals surface area contributed by atoms with Gasteiger partial charge < -0.3 is 19.0 Å². The summed E-state index contributed by atoms with van der Waals surface area (Å²) in [7, 11) is 1.51. The van der Waals surface area contributed by atoms with Gasteiger partial charge in [0.25, 0.3) is 5.91 Å². The van der Waals surface area contributed by atoms with Crippen molar-refractivity contribution < 1.29 is 13.9 Å². The highest BCUT2D eigenvalue weighted by Gasteiger charge is 2.20. The normalized spacial score (nSPS) is 11.1. The van der Waals surface area contributed by atoms with E-state index in [1.807, 2.05) is 19.1 Å². The van der Waals surface area contributed by atoms with Crippen molar-refractivity contribution in [2.75, 3.05) is 12.4 Å². The molecule has 2 aromatic carbocycles. The number of aryl methyl sites for hydroxylation is 1. The van der Waals surface area contributed by atoms with E-state index in [1.54, 1.807) is 41.0 Å². The molecule has 6 nitrogen and oxygen atoms in total. The number of anilines is 1. The molecule has 0 radical (unpaired) electrons. The molecule has 4 rings (SSSR count). The van der Waals surface area contributed by atoms with Crippen molar-refractivity contribution in [3.8, 4) is 5.75 Å². The molecule has 2 heterocycles. The first-order chi connectivity index (χ1) is 13.5. The molecule has 0 atom stereocenters. The number of carbonyl (C=O) groups excluding carboxylic acids is 1. The van der Waals surface area contributed by atoms with Gasteiger partial charge in [-0.05, 0) is 43.3 Å². The van der Waals surface area contributed by atoms with E-state index in [9.17, 15) is 9.59 Å². The molecule has 0 saturated heterocycles. The maximum Gasteiger partial charge on any atom is 0.345 e. The number of fused-ring (bicyclic) bond motifs is 3. The number of para-hydroxylation sites is 1. The molecular formula is C21H17ClN2O4. The van der Waals surface area contributed by atoms with Gasteiger partial charge >= 0.3 is 5.63 Å². The Labute approximate surface area is 165 Å². The number of nitrogens with one attached hydrogen (secondary N) is 1. The number of hydrogen-bond donors (Lipinski definition) is 1. The molecule has 0 aliphatic rings. The summed E-state index contributed by atoms with van der Waals surface area (Å²) in [6.45, 7) is 2.42. The monoisotopic (exact) mass is 396 g/mol. The van der Waals surface area contributed by atoms with E-state index in [0.29, 0.717) is 45.2 Å². The lowest BCUT2D eigenvalue weighted by Crippen LogP contribution is -2.17. The third kappa shape index (κ3) is 2.92. The lowest BCUT2D eigenvalue weighted by molar-refractivity contribution is 0.101. The zero-order valence-corrected chi connectivity index (χ0v) is 16.0. The van der Waals surface area contributed by atoms with Gasteiger partial charge in [0.05, 0.1) is 23.7 Å². The minimum atomic E-state index is -0.477. The third-order valence-electron chi connectivity index (χ3n) is 4.62. The molecule has 1 N–H and O–H groups in total. The predicted octanol–water partition coefficient (Wildman–Crippen LogP) is 4.68. The number of carbonyl (C=O) groups is 1. The van der Waals surface area contributed by atoms with Crippen LogP contribution in [0, 0.1) is 0 Å². The number of methoxy groups -OCH3 is 1. The third-order valence-corrected chi connectivity index (χ3v) is 4.86. The molecule has 0 aliphatic heterocycles. The number of aromatic nitrogens is 1. The summed E-state index contributed by atoms with van der Waals surface area (Å²) in [4.78, 5) is 25.5. The molecule has 4 aromatic rings. The summed E-state index contributed by atoms with van der Waals surface area (Å²) >= 11 is 6.05.